The van der Waals surface area contributed by atoms with Gasteiger partial charge in [0.25, 0.3) is 0 Å². The third kappa shape index (κ3) is 2.85. The van der Waals surface area contributed by atoms with Gasteiger partial charge in [0.1, 0.15) is 0 Å². The van der Waals surface area contributed by atoms with Crippen LogP contribution in [0.3, 0.4) is 0 Å². The Bertz CT molecular complexity index is 315. The fourth-order valence-corrected chi connectivity index (χ4v) is 2.03. The van der Waals surface area contributed by atoms with Crippen LogP contribution in [-0.2, 0) is 12.8 Å². The molecule has 1 atom stereocenters. The monoisotopic (exact) mass is 223 g/mol. The van der Waals surface area contributed by atoms with Gasteiger partial charge in [-0.3, -0.25) is 4.68 Å². The van der Waals surface area contributed by atoms with Crippen molar-refractivity contribution in [1.29, 1.82) is 0 Å². The molecule has 0 aromatic carbocycles. The molecule has 0 bridgehead atoms. The molecule has 1 aromatic heterocycles. The molecule has 1 rings (SSSR count). The van der Waals surface area contributed by atoms with Crippen LogP contribution in [0.2, 0.25) is 0 Å². The number of hydrogen-bond acceptors (Lipinski definition) is 2. The normalized spacial score (nSPS) is 13.4. The maximum Gasteiger partial charge on any atom is 0.0669 e. The molecule has 0 aliphatic rings. The van der Waals surface area contributed by atoms with Crippen molar-refractivity contribution in [2.75, 3.05) is 13.6 Å². The zero-order chi connectivity index (χ0) is 12.1. The molecule has 1 heterocycles. The van der Waals surface area contributed by atoms with Crippen LogP contribution in [0.5, 0.6) is 0 Å². The maximum absolute atomic E-state index is 4.72. The zero-order valence-electron chi connectivity index (χ0n) is 11.2. The van der Waals surface area contributed by atoms with Gasteiger partial charge in [0.05, 0.1) is 11.7 Å². The lowest BCUT2D eigenvalue weighted by Gasteiger charge is -2.23. The number of hydrogen-bond donors (Lipinski definition) is 1. The second-order valence-corrected chi connectivity index (χ2v) is 4.65. The fourth-order valence-electron chi connectivity index (χ4n) is 2.03. The maximum atomic E-state index is 4.72. The van der Waals surface area contributed by atoms with Gasteiger partial charge in [-0.1, -0.05) is 27.7 Å². The second-order valence-electron chi connectivity index (χ2n) is 4.65. The van der Waals surface area contributed by atoms with E-state index < -0.39 is 0 Å². The molecule has 16 heavy (non-hydrogen) atoms. The molecule has 1 aromatic rings. The van der Waals surface area contributed by atoms with E-state index in [1.165, 1.54) is 11.4 Å². The lowest BCUT2D eigenvalue weighted by molar-refractivity contribution is 0.328. The largest absolute Gasteiger partial charge is 0.318 e. The van der Waals surface area contributed by atoms with E-state index in [1.54, 1.807) is 0 Å². The summed E-state index contributed by atoms with van der Waals surface area (Å²) in [7, 11) is 2.01. The minimum atomic E-state index is 0.459. The van der Waals surface area contributed by atoms with Gasteiger partial charge in [-0.15, -0.1) is 0 Å². The average Bonchev–Trinajstić information content (AvgIpc) is 2.68. The average molecular weight is 223 g/mol. The summed E-state index contributed by atoms with van der Waals surface area (Å²) in [6, 6.07) is 2.70. The Morgan fingerprint density at radius 2 is 2.00 bits per heavy atom. The summed E-state index contributed by atoms with van der Waals surface area (Å²) in [5, 5.41) is 7.98. The predicted molar refractivity (Wildman–Crippen MR) is 68.8 cm³/mol. The minimum absolute atomic E-state index is 0.459. The van der Waals surface area contributed by atoms with E-state index in [-0.39, 0.29) is 0 Å². The Labute approximate surface area is 99.2 Å². The van der Waals surface area contributed by atoms with E-state index in [0.29, 0.717) is 12.0 Å². The van der Waals surface area contributed by atoms with E-state index in [2.05, 4.69) is 43.8 Å². The third-order valence-electron chi connectivity index (χ3n) is 3.09. The molecule has 1 unspecified atom stereocenters. The Balaban J connectivity index is 3.01. The Morgan fingerprint density at radius 1 is 1.31 bits per heavy atom. The van der Waals surface area contributed by atoms with E-state index in [4.69, 9.17) is 5.10 Å². The molecule has 3 nitrogen and oxygen atoms in total. The summed E-state index contributed by atoms with van der Waals surface area (Å²) in [4.78, 5) is 0. The molecule has 3 heteroatoms. The Kier molecular flexibility index (Phi) is 5.00. The highest BCUT2D eigenvalue weighted by molar-refractivity contribution is 5.11. The van der Waals surface area contributed by atoms with Gasteiger partial charge >= 0.3 is 0 Å². The van der Waals surface area contributed by atoms with Gasteiger partial charge < -0.3 is 5.32 Å². The van der Waals surface area contributed by atoms with Gasteiger partial charge in [0, 0.05) is 12.2 Å². The van der Waals surface area contributed by atoms with Crippen molar-refractivity contribution in [3.05, 3.63) is 17.5 Å². The minimum Gasteiger partial charge on any atom is -0.318 e. The van der Waals surface area contributed by atoms with Crippen molar-refractivity contribution in [1.82, 2.24) is 15.1 Å². The van der Waals surface area contributed by atoms with Gasteiger partial charge in [0.2, 0.25) is 0 Å². The molecule has 0 aliphatic heterocycles. The first kappa shape index (κ1) is 13.2. The summed E-state index contributed by atoms with van der Waals surface area (Å²) >= 11 is 0. The molecular weight excluding hydrogens is 198 g/mol. The Hall–Kier alpha value is -0.830. The number of likely N-dealkylation sites (N-methyl/N-ethyl adjacent to an activating group) is 1. The first-order valence-electron chi connectivity index (χ1n) is 6.35. The summed E-state index contributed by atoms with van der Waals surface area (Å²) < 4.78 is 2.22. The lowest BCUT2D eigenvalue weighted by atomic mass is 10.0. The van der Waals surface area contributed by atoms with E-state index in [1.807, 2.05) is 7.05 Å². The van der Waals surface area contributed by atoms with Crippen LogP contribution in [0.25, 0.3) is 0 Å². The van der Waals surface area contributed by atoms with Crippen molar-refractivity contribution in [2.24, 2.45) is 5.92 Å². The lowest BCUT2D eigenvalue weighted by Crippen LogP contribution is -2.28. The summed E-state index contributed by atoms with van der Waals surface area (Å²) in [6.07, 6.45) is 2.07. The van der Waals surface area contributed by atoms with Crippen molar-refractivity contribution < 1.29 is 0 Å². The van der Waals surface area contributed by atoms with Crippen LogP contribution >= 0.6 is 0 Å². The molecular formula is C13H25N3. The van der Waals surface area contributed by atoms with Gasteiger partial charge in [-0.25, -0.2) is 0 Å². The highest BCUT2D eigenvalue weighted by atomic mass is 15.3. The van der Waals surface area contributed by atoms with Crippen LogP contribution in [0.4, 0.5) is 0 Å². The van der Waals surface area contributed by atoms with E-state index >= 15 is 0 Å². The quantitative estimate of drug-likeness (QED) is 0.802. The summed E-state index contributed by atoms with van der Waals surface area (Å²) in [6.45, 7) is 9.86. The standard InChI is InChI=1S/C13H25N3/c1-6-11-8-12(7-2)16(15-11)13(9-14-5)10(3)4/h8,10,13-14H,6-7,9H2,1-5H3. The molecule has 0 aliphatic carbocycles. The van der Waals surface area contributed by atoms with Gasteiger partial charge in [-0.2, -0.15) is 5.10 Å². The summed E-state index contributed by atoms with van der Waals surface area (Å²) in [5.74, 6) is 0.599. The first-order chi connectivity index (χ1) is 7.63. The predicted octanol–water partition coefficient (Wildman–Crippen LogP) is 2.42. The topological polar surface area (TPSA) is 29.9 Å². The molecule has 0 saturated carbocycles. The molecule has 0 saturated heterocycles. The third-order valence-corrected chi connectivity index (χ3v) is 3.09. The van der Waals surface area contributed by atoms with Gasteiger partial charge in [-0.05, 0) is 31.9 Å². The number of nitrogens with zero attached hydrogens (tertiary/aromatic N) is 2. The van der Waals surface area contributed by atoms with Crippen LogP contribution in [0, 0.1) is 5.92 Å². The molecule has 0 fully saturated rings. The van der Waals surface area contributed by atoms with E-state index in [0.717, 1.165) is 19.4 Å². The van der Waals surface area contributed by atoms with Crippen molar-refractivity contribution in [3.8, 4) is 0 Å². The number of nitrogens with one attached hydrogen (secondary N) is 1. The van der Waals surface area contributed by atoms with Crippen molar-refractivity contribution in [2.45, 2.75) is 46.6 Å². The van der Waals surface area contributed by atoms with Crippen molar-refractivity contribution in [3.63, 3.8) is 0 Å². The molecule has 0 radical (unpaired) electrons. The highest BCUT2D eigenvalue weighted by Crippen LogP contribution is 2.20. The fraction of sp³-hybridized carbons (Fsp3) is 0.769. The Morgan fingerprint density at radius 3 is 2.44 bits per heavy atom. The SMILES string of the molecule is CCc1cc(CC)n(C(CNC)C(C)C)n1. The number of aromatic nitrogens is 2. The van der Waals surface area contributed by atoms with Crippen molar-refractivity contribution >= 4 is 0 Å². The zero-order valence-corrected chi connectivity index (χ0v) is 11.2. The van der Waals surface area contributed by atoms with Crippen LogP contribution in [-0.4, -0.2) is 23.4 Å². The van der Waals surface area contributed by atoms with Crippen LogP contribution < -0.4 is 5.32 Å². The van der Waals surface area contributed by atoms with E-state index in [9.17, 15) is 0 Å². The second kappa shape index (κ2) is 6.04. The molecule has 0 spiro atoms. The number of aryl methyl sites for hydroxylation is 2. The highest BCUT2D eigenvalue weighted by Gasteiger charge is 2.18. The van der Waals surface area contributed by atoms with Crippen LogP contribution in [0.1, 0.15) is 45.1 Å². The molecule has 1 N–H and O–H groups in total. The molecule has 92 valence electrons. The summed E-state index contributed by atoms with van der Waals surface area (Å²) in [5.41, 5.74) is 2.56. The molecule has 0 amide bonds. The van der Waals surface area contributed by atoms with Crippen LogP contribution in [0.15, 0.2) is 6.07 Å². The number of rotatable bonds is 6. The first-order valence-corrected chi connectivity index (χ1v) is 6.35. The smallest absolute Gasteiger partial charge is 0.0669 e. The van der Waals surface area contributed by atoms with Gasteiger partial charge in [0.15, 0.2) is 0 Å².